The van der Waals surface area contributed by atoms with Crippen molar-refractivity contribution in [3.63, 3.8) is 0 Å². The average molecular weight is 1390 g/mol. The highest BCUT2D eigenvalue weighted by Gasteiger charge is 2.38. The van der Waals surface area contributed by atoms with Crippen LogP contribution in [0.1, 0.15) is 274 Å². The van der Waals surface area contributed by atoms with Crippen LogP contribution in [0.4, 0.5) is 0 Å². The van der Waals surface area contributed by atoms with Crippen LogP contribution < -0.4 is 28.4 Å². The van der Waals surface area contributed by atoms with E-state index in [0.29, 0.717) is 62.0 Å². The Kier molecular flexibility index (Phi) is 24.1. The molecule has 10 aromatic rings. The quantitative estimate of drug-likeness (QED) is 0.0273. The van der Waals surface area contributed by atoms with Crippen LogP contribution in [0.15, 0.2) is 184 Å². The lowest BCUT2D eigenvalue weighted by molar-refractivity contribution is 0.356. The van der Waals surface area contributed by atoms with Gasteiger partial charge < -0.3 is 28.4 Å². The molecule has 12 nitrogen and oxygen atoms in total. The van der Waals surface area contributed by atoms with Crippen molar-refractivity contribution in [3.05, 3.63) is 229 Å². The molecule has 6 heterocycles. The number of nitrogens with zero attached hydrogens (tertiary/aromatic N) is 6. The number of unbranched alkanes of at least 4 members (excludes halogenated alkanes) is 24. The summed E-state index contributed by atoms with van der Waals surface area (Å²) < 4.78 is 44.9. The molecule has 9 bridgehead atoms. The van der Waals surface area contributed by atoms with Gasteiger partial charge >= 0.3 is 0 Å². The van der Waals surface area contributed by atoms with Crippen LogP contribution in [0, 0.1) is 0 Å². The molecule has 0 spiro atoms. The van der Waals surface area contributed by atoms with Crippen molar-refractivity contribution in [2.24, 2.45) is 0 Å². The highest BCUT2D eigenvalue weighted by atomic mass is 16.6. The van der Waals surface area contributed by atoms with Crippen LogP contribution in [0.25, 0.3) is 33.1 Å². The molecule has 536 valence electrons. The zero-order valence-electron chi connectivity index (χ0n) is 60.9. The van der Waals surface area contributed by atoms with E-state index in [0.717, 1.165) is 193 Å². The number of benzene rings is 7. The maximum Gasteiger partial charge on any atom is 0.284 e. The summed E-state index contributed by atoms with van der Waals surface area (Å²) in [6, 6.07) is 47.1. The number of ether oxygens (including phenoxy) is 6. The second kappa shape index (κ2) is 35.2. The van der Waals surface area contributed by atoms with Gasteiger partial charge in [0, 0.05) is 57.6 Å². The van der Waals surface area contributed by atoms with E-state index in [1.807, 2.05) is 97.1 Å². The standard InChI is InChI=1S/C92H102N6O6/c1-5-9-13-17-21-25-29-33-43-66-63-53-55-81-70(57-63)67(44-34-30-26-22-18-14-10-6-2)65-59-74-69(46-36-32-28-24-20-16-12-8-4)73-61-72-68(45-35-31-27-23-19-15-11-7-3)71-58-64(66)54-56-82(71)100-87-89(95-77-49-39-37-47-75(77)93-87)101-83(72)62-84(73)102-91-92(98-80-52-42-41-51-79(80)97-91)104-86(74)85(60-65)103-90-88(99-81)94-76-48-38-40-50-78(76)96-90/h5-8,37-42,47-62,66-69H,1-4,9-36,43-46H2. The monoisotopic (exact) mass is 1390 g/mol. The van der Waals surface area contributed by atoms with Gasteiger partial charge in [0.05, 0.1) is 33.1 Å². The molecule has 4 unspecified atom stereocenters. The van der Waals surface area contributed by atoms with Gasteiger partial charge in [0.2, 0.25) is 0 Å². The van der Waals surface area contributed by atoms with E-state index < -0.39 is 0 Å². The lowest BCUT2D eigenvalue weighted by Gasteiger charge is -2.30. The van der Waals surface area contributed by atoms with Gasteiger partial charge in [-0.05, 0) is 154 Å². The third kappa shape index (κ3) is 16.9. The van der Waals surface area contributed by atoms with E-state index in [1.165, 1.54) is 68.9 Å². The van der Waals surface area contributed by atoms with Gasteiger partial charge in [-0.2, -0.15) is 0 Å². The molecule has 0 fully saturated rings. The normalized spacial score (nSPS) is 15.8. The number of fused-ring (bicyclic) bond motifs is 10. The molecule has 0 saturated carbocycles. The van der Waals surface area contributed by atoms with Crippen molar-refractivity contribution in [1.29, 1.82) is 0 Å². The van der Waals surface area contributed by atoms with E-state index in [2.05, 4.69) is 87.0 Å². The fraction of sp³-hybridized carbons (Fsp3) is 0.391. The summed E-state index contributed by atoms with van der Waals surface area (Å²) in [5, 5.41) is 0. The Hall–Kier alpha value is -9.68. The van der Waals surface area contributed by atoms with Crippen LogP contribution in [0.2, 0.25) is 0 Å². The van der Waals surface area contributed by atoms with E-state index in [4.69, 9.17) is 58.3 Å². The van der Waals surface area contributed by atoms with Gasteiger partial charge in [-0.15, -0.1) is 26.3 Å². The van der Waals surface area contributed by atoms with Gasteiger partial charge in [-0.3, -0.25) is 0 Å². The Morgan fingerprint density at radius 2 is 0.529 bits per heavy atom. The fourth-order valence-electron chi connectivity index (χ4n) is 16.2. The lowest BCUT2D eigenvalue weighted by Crippen LogP contribution is -2.13. The van der Waals surface area contributed by atoms with Crippen molar-refractivity contribution in [1.82, 2.24) is 29.9 Å². The summed E-state index contributed by atoms with van der Waals surface area (Å²) in [4.78, 5) is 31.8. The smallest absolute Gasteiger partial charge is 0.284 e. The van der Waals surface area contributed by atoms with Crippen LogP contribution >= 0.6 is 0 Å². The number of hydrogen-bond donors (Lipinski definition) is 0. The van der Waals surface area contributed by atoms with E-state index in [9.17, 15) is 0 Å². The van der Waals surface area contributed by atoms with Gasteiger partial charge in [0.1, 0.15) is 23.0 Å². The Labute approximate surface area is 615 Å². The molecular weight excluding hydrogens is 1290 g/mol. The highest BCUT2D eigenvalue weighted by Crippen LogP contribution is 2.57. The van der Waals surface area contributed by atoms with Crippen molar-refractivity contribution >= 4 is 33.1 Å². The molecule has 104 heavy (non-hydrogen) atoms. The topological polar surface area (TPSA) is 133 Å². The van der Waals surface area contributed by atoms with Gasteiger partial charge in [-0.1, -0.05) is 219 Å². The summed E-state index contributed by atoms with van der Waals surface area (Å²) in [7, 11) is 0. The molecule has 4 aliphatic rings. The minimum absolute atomic E-state index is 0.0106. The molecular formula is C92H102N6O6. The zero-order valence-corrected chi connectivity index (χ0v) is 60.9. The third-order valence-corrected chi connectivity index (χ3v) is 21.8. The summed E-state index contributed by atoms with van der Waals surface area (Å²) in [5.41, 5.74) is 12.8. The van der Waals surface area contributed by atoms with Crippen molar-refractivity contribution in [3.8, 4) is 69.8 Å². The minimum atomic E-state index is -0.346. The first-order valence-corrected chi connectivity index (χ1v) is 39.4. The van der Waals surface area contributed by atoms with Gasteiger partial charge in [0.15, 0.2) is 11.5 Å². The molecule has 14 rings (SSSR count). The fourth-order valence-corrected chi connectivity index (χ4v) is 16.2. The Balaban J connectivity index is 1.05. The molecule has 12 heteroatoms. The second-order valence-corrected chi connectivity index (χ2v) is 29.2. The average Bonchev–Trinajstić information content (AvgIpc) is 1.22. The predicted octanol–water partition coefficient (Wildman–Crippen LogP) is 27.3. The third-order valence-electron chi connectivity index (χ3n) is 21.8. The Morgan fingerprint density at radius 3 is 0.913 bits per heavy atom. The number of para-hydroxylation sites is 6. The van der Waals surface area contributed by atoms with E-state index in [1.54, 1.807) is 0 Å². The summed E-state index contributed by atoms with van der Waals surface area (Å²) >= 11 is 0. The van der Waals surface area contributed by atoms with Gasteiger partial charge in [-0.25, -0.2) is 29.9 Å². The van der Waals surface area contributed by atoms with Crippen LogP contribution in [-0.2, 0) is 0 Å². The molecule has 4 atom stereocenters. The number of aromatic nitrogens is 6. The summed E-state index contributed by atoms with van der Waals surface area (Å²) in [6.07, 6.45) is 42.7. The van der Waals surface area contributed by atoms with E-state index in [-0.39, 0.29) is 53.1 Å². The molecule has 0 radical (unpaired) electrons. The zero-order chi connectivity index (χ0) is 70.8. The van der Waals surface area contributed by atoms with Crippen molar-refractivity contribution in [2.45, 2.75) is 229 Å². The SMILES string of the molecule is C=CCCCCCCCCC1c2ccc3c(c2)C(CCCCCCCCC=C)c2cc(c4c(c2)C(CCCCCCCCC=C)c2cc5c(cc2Oc2nc6ccccc6nc2O4)Oc2nc4ccccc4nc2Oc2ccc1cc2C5CCCCCCCCC=C)Oc1nc2ccccc2nc1O3. The first kappa shape index (κ1) is 71.3. The summed E-state index contributed by atoms with van der Waals surface area (Å²) in [5.74, 6) is 4.32. The van der Waals surface area contributed by atoms with Crippen LogP contribution in [0.3, 0.4) is 0 Å². The number of rotatable bonds is 36. The van der Waals surface area contributed by atoms with Crippen LogP contribution in [-0.4, -0.2) is 29.9 Å². The maximum absolute atomic E-state index is 7.62. The molecule has 0 saturated heterocycles. The maximum atomic E-state index is 7.62. The predicted molar refractivity (Wildman–Crippen MR) is 421 cm³/mol. The molecule has 3 aromatic heterocycles. The first-order valence-electron chi connectivity index (χ1n) is 39.4. The Morgan fingerprint density at radius 1 is 0.240 bits per heavy atom. The number of hydrogen-bond acceptors (Lipinski definition) is 12. The van der Waals surface area contributed by atoms with E-state index >= 15 is 0 Å². The van der Waals surface area contributed by atoms with Crippen molar-refractivity contribution < 1.29 is 28.4 Å². The van der Waals surface area contributed by atoms with Gasteiger partial charge in [0.25, 0.3) is 35.3 Å². The van der Waals surface area contributed by atoms with Crippen molar-refractivity contribution in [2.75, 3.05) is 0 Å². The largest absolute Gasteiger partial charge is 0.434 e. The number of allylic oxidation sites excluding steroid dienone is 4. The molecule has 0 N–H and O–H groups in total. The summed E-state index contributed by atoms with van der Waals surface area (Å²) in [6.45, 7) is 16.1. The molecule has 0 amide bonds. The molecule has 3 aliphatic heterocycles. The molecule has 7 aromatic carbocycles. The van der Waals surface area contributed by atoms with Crippen LogP contribution in [0.5, 0.6) is 69.8 Å². The Bertz CT molecular complexity index is 4660. The first-order chi connectivity index (χ1) is 51.4. The minimum Gasteiger partial charge on any atom is -0.434 e. The molecule has 1 aliphatic carbocycles. The second-order valence-electron chi connectivity index (χ2n) is 29.2. The lowest BCUT2D eigenvalue weighted by atomic mass is 9.76. The highest BCUT2D eigenvalue weighted by molar-refractivity contribution is 5.78.